The molecule has 0 spiro atoms. The van der Waals surface area contributed by atoms with E-state index >= 15 is 0 Å². The average Bonchev–Trinajstić information content (AvgIpc) is 2.14. The van der Waals surface area contributed by atoms with Crippen LogP contribution < -0.4 is 0 Å². The molecular weight excluding hydrogens is 206 g/mol. The van der Waals surface area contributed by atoms with Gasteiger partial charge in [-0.25, -0.2) is 0 Å². The Bertz CT molecular complexity index is 341. The number of benzene rings is 1. The van der Waals surface area contributed by atoms with Crippen molar-refractivity contribution in [1.82, 2.24) is 0 Å². The fraction of sp³-hybridized carbons (Fsp3) is 0.333. The second-order valence-corrected chi connectivity index (χ2v) is 3.10. The zero-order valence-corrected chi connectivity index (χ0v) is 8.45. The van der Waals surface area contributed by atoms with Gasteiger partial charge >= 0.3 is 0 Å². The van der Waals surface area contributed by atoms with Crippen molar-refractivity contribution in [1.29, 1.82) is 0 Å². The van der Waals surface area contributed by atoms with Gasteiger partial charge in [0.25, 0.3) is 5.69 Å². The summed E-state index contributed by atoms with van der Waals surface area (Å²) in [5.41, 5.74) is 0.548. The molecular formula is C9H10ClNO3. The molecule has 5 heteroatoms. The molecule has 14 heavy (non-hydrogen) atoms. The van der Waals surface area contributed by atoms with Crippen LogP contribution in [0.5, 0.6) is 0 Å². The molecule has 1 rings (SSSR count). The molecule has 0 bridgehead atoms. The van der Waals surface area contributed by atoms with Crippen molar-refractivity contribution in [3.05, 3.63) is 38.9 Å². The monoisotopic (exact) mass is 215 g/mol. The van der Waals surface area contributed by atoms with Crippen LogP contribution in [0.2, 0.25) is 5.02 Å². The Balaban J connectivity index is 2.97. The third kappa shape index (κ3) is 2.68. The van der Waals surface area contributed by atoms with Crippen LogP contribution >= 0.6 is 11.6 Å². The summed E-state index contributed by atoms with van der Waals surface area (Å²) in [4.78, 5) is 10.2. The summed E-state index contributed by atoms with van der Waals surface area (Å²) in [6.07, 6.45) is 0. The molecule has 0 amide bonds. The molecule has 0 saturated carbocycles. The van der Waals surface area contributed by atoms with Crippen LogP contribution in [0.1, 0.15) is 12.5 Å². The molecule has 0 aliphatic carbocycles. The Labute approximate surface area is 86.6 Å². The molecule has 0 fully saturated rings. The minimum Gasteiger partial charge on any atom is -0.377 e. The second kappa shape index (κ2) is 4.93. The van der Waals surface area contributed by atoms with Crippen molar-refractivity contribution in [3.63, 3.8) is 0 Å². The summed E-state index contributed by atoms with van der Waals surface area (Å²) in [7, 11) is 0. The van der Waals surface area contributed by atoms with E-state index in [4.69, 9.17) is 16.3 Å². The van der Waals surface area contributed by atoms with Crippen molar-refractivity contribution >= 4 is 17.3 Å². The number of nitrogens with zero attached hydrogens (tertiary/aromatic N) is 1. The van der Waals surface area contributed by atoms with Crippen LogP contribution in [0.3, 0.4) is 0 Å². The molecule has 0 atom stereocenters. The van der Waals surface area contributed by atoms with E-state index in [2.05, 4.69) is 0 Å². The highest BCUT2D eigenvalue weighted by Gasteiger charge is 2.13. The molecule has 0 N–H and O–H groups in total. The predicted molar refractivity (Wildman–Crippen MR) is 53.4 cm³/mol. The third-order valence-corrected chi connectivity index (χ3v) is 1.94. The number of nitro groups is 1. The molecule has 0 unspecified atom stereocenters. The van der Waals surface area contributed by atoms with Gasteiger partial charge in [-0.3, -0.25) is 10.1 Å². The van der Waals surface area contributed by atoms with E-state index in [-0.39, 0.29) is 12.3 Å². The lowest BCUT2D eigenvalue weighted by Gasteiger charge is -2.03. The summed E-state index contributed by atoms with van der Waals surface area (Å²) >= 11 is 5.72. The van der Waals surface area contributed by atoms with Crippen molar-refractivity contribution in [2.75, 3.05) is 6.61 Å². The number of halogens is 1. The fourth-order valence-corrected chi connectivity index (χ4v) is 1.25. The van der Waals surface area contributed by atoms with Gasteiger partial charge < -0.3 is 4.74 Å². The molecule has 0 aromatic heterocycles. The largest absolute Gasteiger partial charge is 0.377 e. The lowest BCUT2D eigenvalue weighted by molar-refractivity contribution is -0.385. The summed E-state index contributed by atoms with van der Waals surface area (Å²) in [5, 5.41) is 11.1. The van der Waals surface area contributed by atoms with Crippen molar-refractivity contribution in [2.45, 2.75) is 13.5 Å². The molecule has 0 radical (unpaired) electrons. The second-order valence-electron chi connectivity index (χ2n) is 2.67. The van der Waals surface area contributed by atoms with Gasteiger partial charge in [-0.2, -0.15) is 0 Å². The maximum atomic E-state index is 10.6. The zero-order chi connectivity index (χ0) is 10.6. The van der Waals surface area contributed by atoms with Crippen LogP contribution in [0.15, 0.2) is 18.2 Å². The summed E-state index contributed by atoms with van der Waals surface area (Å²) in [6.45, 7) is 2.56. The fourth-order valence-electron chi connectivity index (χ4n) is 1.06. The predicted octanol–water partition coefficient (Wildman–Crippen LogP) is 2.78. The average molecular weight is 216 g/mol. The normalized spacial score (nSPS) is 10.1. The maximum absolute atomic E-state index is 10.6. The third-order valence-electron chi connectivity index (χ3n) is 1.70. The van der Waals surface area contributed by atoms with Crippen LogP contribution in [0, 0.1) is 10.1 Å². The maximum Gasteiger partial charge on any atom is 0.275 e. The lowest BCUT2D eigenvalue weighted by atomic mass is 10.2. The molecule has 0 heterocycles. The van der Waals surface area contributed by atoms with E-state index in [0.29, 0.717) is 17.2 Å². The van der Waals surface area contributed by atoms with Gasteiger partial charge in [0.2, 0.25) is 0 Å². The van der Waals surface area contributed by atoms with Gasteiger partial charge in [-0.15, -0.1) is 0 Å². The Morgan fingerprint density at radius 2 is 2.29 bits per heavy atom. The van der Waals surface area contributed by atoms with E-state index in [1.54, 1.807) is 6.07 Å². The minimum absolute atomic E-state index is 0.0443. The van der Waals surface area contributed by atoms with E-state index in [1.807, 2.05) is 6.92 Å². The summed E-state index contributed by atoms with van der Waals surface area (Å²) in [5.74, 6) is 0. The quantitative estimate of drug-likeness (QED) is 0.573. The standard InChI is InChI=1S/C9H10ClNO3/c1-2-14-6-7-5-8(10)3-4-9(7)11(12)13/h3-5H,2,6H2,1H3. The summed E-state index contributed by atoms with van der Waals surface area (Å²) < 4.78 is 5.10. The van der Waals surface area contributed by atoms with Crippen LogP contribution in [0.4, 0.5) is 5.69 Å². The van der Waals surface area contributed by atoms with Crippen LogP contribution in [-0.2, 0) is 11.3 Å². The first-order valence-corrected chi connectivity index (χ1v) is 4.53. The number of ether oxygens (including phenoxy) is 1. The van der Waals surface area contributed by atoms with Gasteiger partial charge in [-0.1, -0.05) is 11.6 Å². The highest BCUT2D eigenvalue weighted by molar-refractivity contribution is 6.30. The Kier molecular flexibility index (Phi) is 3.85. The van der Waals surface area contributed by atoms with E-state index in [9.17, 15) is 10.1 Å². The number of rotatable bonds is 4. The molecule has 0 aliphatic heterocycles. The van der Waals surface area contributed by atoms with E-state index < -0.39 is 4.92 Å². The topological polar surface area (TPSA) is 52.4 Å². The Morgan fingerprint density at radius 3 is 2.86 bits per heavy atom. The first-order chi connectivity index (χ1) is 6.65. The Hall–Kier alpha value is -1.13. The highest BCUT2D eigenvalue weighted by atomic mass is 35.5. The van der Waals surface area contributed by atoms with Crippen LogP contribution in [0.25, 0.3) is 0 Å². The van der Waals surface area contributed by atoms with Gasteiger partial charge in [0, 0.05) is 17.7 Å². The van der Waals surface area contributed by atoms with Crippen molar-refractivity contribution in [3.8, 4) is 0 Å². The zero-order valence-electron chi connectivity index (χ0n) is 7.70. The molecule has 1 aromatic rings. The first-order valence-electron chi connectivity index (χ1n) is 4.15. The number of hydrogen-bond donors (Lipinski definition) is 0. The molecule has 0 saturated heterocycles. The smallest absolute Gasteiger partial charge is 0.275 e. The first kappa shape index (κ1) is 10.9. The molecule has 1 aromatic carbocycles. The molecule has 0 aliphatic rings. The lowest BCUT2D eigenvalue weighted by Crippen LogP contribution is -1.98. The molecule has 76 valence electrons. The summed E-state index contributed by atoms with van der Waals surface area (Å²) in [6, 6.07) is 4.43. The van der Waals surface area contributed by atoms with Gasteiger partial charge in [0.1, 0.15) is 0 Å². The van der Waals surface area contributed by atoms with Gasteiger partial charge in [0.05, 0.1) is 17.1 Å². The SMILES string of the molecule is CCOCc1cc(Cl)ccc1[N+](=O)[O-]. The van der Waals surface area contributed by atoms with Gasteiger partial charge in [0.15, 0.2) is 0 Å². The van der Waals surface area contributed by atoms with E-state index in [0.717, 1.165) is 0 Å². The minimum atomic E-state index is -0.440. The van der Waals surface area contributed by atoms with E-state index in [1.165, 1.54) is 12.1 Å². The van der Waals surface area contributed by atoms with Crippen LogP contribution in [-0.4, -0.2) is 11.5 Å². The highest BCUT2D eigenvalue weighted by Crippen LogP contribution is 2.23. The number of nitro benzene ring substituents is 1. The molecule has 4 nitrogen and oxygen atoms in total. The Morgan fingerprint density at radius 1 is 1.57 bits per heavy atom. The van der Waals surface area contributed by atoms with Crippen molar-refractivity contribution < 1.29 is 9.66 Å². The number of hydrogen-bond acceptors (Lipinski definition) is 3. The van der Waals surface area contributed by atoms with Crippen molar-refractivity contribution in [2.24, 2.45) is 0 Å². The van der Waals surface area contributed by atoms with Gasteiger partial charge in [-0.05, 0) is 19.1 Å².